The first kappa shape index (κ1) is 61.8. The molecule has 0 aliphatic heterocycles. The van der Waals surface area contributed by atoms with Gasteiger partial charge in [0.2, 0.25) is 0 Å². The third-order valence-electron chi connectivity index (χ3n) is 13.6. The molecular formula is C60H68N4O18P2. The maximum absolute atomic E-state index is 13.7. The Morgan fingerprint density at radius 1 is 0.321 bits per heavy atom. The third kappa shape index (κ3) is 13.2. The molecule has 0 amide bonds. The Labute approximate surface area is 488 Å². The van der Waals surface area contributed by atoms with Crippen LogP contribution in [-0.2, 0) is 63.6 Å². The van der Waals surface area contributed by atoms with Crippen molar-refractivity contribution in [1.29, 1.82) is 0 Å². The van der Waals surface area contributed by atoms with Gasteiger partial charge in [0.1, 0.15) is 11.5 Å². The van der Waals surface area contributed by atoms with Gasteiger partial charge in [0.05, 0.1) is 97.4 Å². The lowest BCUT2D eigenvalue weighted by Crippen LogP contribution is -2.13. The van der Waals surface area contributed by atoms with Gasteiger partial charge in [-0.2, -0.15) is 0 Å². The van der Waals surface area contributed by atoms with Crippen LogP contribution in [0.5, 0.6) is 11.5 Å². The van der Waals surface area contributed by atoms with Crippen molar-refractivity contribution in [3.8, 4) is 22.6 Å². The molecule has 0 N–H and O–H groups in total. The van der Waals surface area contributed by atoms with Crippen LogP contribution in [0.1, 0.15) is 186 Å². The smallest absolute Gasteiger partial charge is 0.340 e. The first-order chi connectivity index (χ1) is 40.6. The monoisotopic (exact) mass is 1190 g/mol. The zero-order chi connectivity index (χ0) is 60.2. The van der Waals surface area contributed by atoms with Crippen molar-refractivity contribution in [2.75, 3.05) is 52.9 Å². The Morgan fingerprint density at radius 2 is 0.524 bits per heavy atom. The lowest BCUT2D eigenvalue weighted by atomic mass is 9.80. The first-order valence-corrected chi connectivity index (χ1v) is 30.5. The van der Waals surface area contributed by atoms with Crippen LogP contribution in [0, 0.1) is 0 Å². The van der Waals surface area contributed by atoms with Crippen LogP contribution in [0.15, 0.2) is 73.8 Å². The van der Waals surface area contributed by atoms with E-state index in [9.17, 15) is 38.4 Å². The van der Waals surface area contributed by atoms with Crippen LogP contribution in [0.2, 0.25) is 0 Å². The minimum absolute atomic E-state index is 0.0136. The van der Waals surface area contributed by atoms with Gasteiger partial charge in [0, 0.05) is 60.7 Å². The van der Waals surface area contributed by atoms with Gasteiger partial charge in [0.15, 0.2) is 0 Å². The fourth-order valence-corrected chi connectivity index (χ4v) is 13.3. The van der Waals surface area contributed by atoms with Crippen molar-refractivity contribution in [1.82, 2.24) is 17.4 Å². The number of carbonyl (C=O) groups excluding carboxylic acids is 8. The van der Waals surface area contributed by atoms with E-state index in [2.05, 4.69) is 0 Å². The van der Waals surface area contributed by atoms with Crippen molar-refractivity contribution in [2.24, 2.45) is 0 Å². The molecule has 84 heavy (non-hydrogen) atoms. The predicted octanol–water partition coefficient (Wildman–Crippen LogP) is 11.1. The molecule has 2 aliphatic rings. The quantitative estimate of drug-likeness (QED) is 0.0293. The number of esters is 8. The summed E-state index contributed by atoms with van der Waals surface area (Å²) in [5.41, 5.74) is 4.14. The van der Waals surface area contributed by atoms with E-state index >= 15 is 0 Å². The summed E-state index contributed by atoms with van der Waals surface area (Å²) >= 11 is 0. The maximum Gasteiger partial charge on any atom is 0.340 e. The molecule has 4 aromatic heterocycles. The van der Waals surface area contributed by atoms with Gasteiger partial charge in [-0.05, 0) is 141 Å². The number of nitrogens with zero attached hydrogens (tertiary/aromatic N) is 4. The van der Waals surface area contributed by atoms with Gasteiger partial charge < -0.3 is 46.9 Å². The Hall–Kier alpha value is -8.22. The summed E-state index contributed by atoms with van der Waals surface area (Å²) in [6, 6.07) is 7.64. The molecule has 0 spiro atoms. The van der Waals surface area contributed by atoms with E-state index in [1.807, 2.05) is 24.3 Å². The van der Waals surface area contributed by atoms with Gasteiger partial charge in [-0.15, -0.1) is 0 Å². The average molecular weight is 1200 g/mol. The van der Waals surface area contributed by atoms with Crippen molar-refractivity contribution >= 4 is 64.7 Å². The molecule has 0 radical (unpaired) electrons. The number of aromatic nitrogens is 4. The van der Waals surface area contributed by atoms with Gasteiger partial charge in [-0.3, -0.25) is 17.4 Å². The third-order valence-corrected chi connectivity index (χ3v) is 16.8. The van der Waals surface area contributed by atoms with Crippen LogP contribution >= 0.6 is 16.9 Å². The predicted molar refractivity (Wildman–Crippen MR) is 307 cm³/mol. The SMILES string of the molecule is CCOC(=O)c1cn(P(Oc2ccc3c(c2-c2c(OP(n4cc(C(=O)OCC)c(C(=O)OCC)c4)n4cc(C(=O)OCC)c(C(=O)OCC)c4)ccc4c2CCCC4)CCCC3)n2cc(C(=O)OCC)c(C(=O)OCC)c2)cc1C(=O)OCC. The molecule has 0 atom stereocenters. The van der Waals surface area contributed by atoms with Crippen LogP contribution in [0.3, 0.4) is 0 Å². The fourth-order valence-electron chi connectivity index (χ4n) is 10.0. The standard InChI is InChI=1S/C60H68N4O18P2/c1-9-73-53(65)41-29-61(30-42(41)54(66)74-10-2)83(62-31-43(55(67)75-11-3)44(32-62)56(68)76-12-4)81-49-27-25-37-21-17-19-23-39(37)51(49)52-40-24-20-18-22-38(40)26-28-50(52)82-84(63-33-45(57(69)77-13-5)46(34-63)58(70)78-14-6)64-35-47(59(71)79-15-7)48(36-64)60(72)80-16-8/h25-36H,9-24H2,1-8H3. The molecule has 0 fully saturated rings. The molecule has 22 nitrogen and oxygen atoms in total. The van der Waals surface area contributed by atoms with Crippen molar-refractivity contribution in [2.45, 2.75) is 107 Å². The number of ether oxygens (including phenoxy) is 8. The Morgan fingerprint density at radius 3 is 0.726 bits per heavy atom. The second-order valence-electron chi connectivity index (χ2n) is 18.9. The van der Waals surface area contributed by atoms with Crippen LogP contribution in [0.25, 0.3) is 11.1 Å². The number of rotatable bonds is 25. The second kappa shape index (κ2) is 28.4. The number of hydrogen-bond acceptors (Lipinski definition) is 18. The summed E-state index contributed by atoms with van der Waals surface area (Å²) < 4.78 is 64.3. The van der Waals surface area contributed by atoms with E-state index in [0.29, 0.717) is 35.5 Å². The molecule has 0 saturated carbocycles. The molecule has 0 unspecified atom stereocenters. The Bertz CT molecular complexity index is 2940. The molecular weight excluding hydrogens is 1130 g/mol. The molecule has 8 rings (SSSR count). The Balaban J connectivity index is 1.42. The lowest BCUT2D eigenvalue weighted by Gasteiger charge is -2.30. The average Bonchev–Trinajstić information content (AvgIpc) is 4.42. The first-order valence-electron chi connectivity index (χ1n) is 28.2. The Kier molecular flexibility index (Phi) is 20.9. The normalized spacial score (nSPS) is 12.6. The van der Waals surface area contributed by atoms with E-state index in [1.165, 1.54) is 66.9 Å². The largest absolute Gasteiger partial charge is 0.462 e. The van der Waals surface area contributed by atoms with Crippen LogP contribution < -0.4 is 9.05 Å². The number of benzene rings is 2. The van der Waals surface area contributed by atoms with Crippen LogP contribution in [0.4, 0.5) is 0 Å². The van der Waals surface area contributed by atoms with Gasteiger partial charge >= 0.3 is 64.7 Å². The maximum atomic E-state index is 13.7. The minimum atomic E-state index is -2.44. The van der Waals surface area contributed by atoms with E-state index < -0.39 is 64.7 Å². The highest BCUT2D eigenvalue weighted by Gasteiger charge is 2.36. The van der Waals surface area contributed by atoms with Crippen molar-refractivity contribution in [3.63, 3.8) is 0 Å². The minimum Gasteiger partial charge on any atom is -0.462 e. The lowest BCUT2D eigenvalue weighted by molar-refractivity contribution is 0.0480. The second-order valence-corrected chi connectivity index (χ2v) is 22.1. The zero-order valence-corrected chi connectivity index (χ0v) is 50.1. The molecule has 0 bridgehead atoms. The van der Waals surface area contributed by atoms with E-state index in [-0.39, 0.29) is 97.4 Å². The molecule has 2 aliphatic carbocycles. The van der Waals surface area contributed by atoms with Crippen LogP contribution in [-0.4, -0.2) is 118 Å². The van der Waals surface area contributed by atoms with E-state index in [4.69, 9.17) is 46.9 Å². The van der Waals surface area contributed by atoms with Crippen molar-refractivity contribution in [3.05, 3.63) is 141 Å². The van der Waals surface area contributed by atoms with E-state index in [0.717, 1.165) is 60.8 Å². The molecule has 24 heteroatoms. The van der Waals surface area contributed by atoms with Crippen molar-refractivity contribution < 1.29 is 85.3 Å². The zero-order valence-electron chi connectivity index (χ0n) is 48.3. The molecule has 2 aromatic carbocycles. The van der Waals surface area contributed by atoms with E-state index in [1.54, 1.807) is 55.4 Å². The number of carbonyl (C=O) groups is 8. The summed E-state index contributed by atoms with van der Waals surface area (Å²) in [5, 5.41) is 0. The van der Waals surface area contributed by atoms with Gasteiger partial charge in [0.25, 0.3) is 0 Å². The summed E-state index contributed by atoms with van der Waals surface area (Å²) in [7, 11) is -4.88. The van der Waals surface area contributed by atoms with Gasteiger partial charge in [-0.25, -0.2) is 38.4 Å². The molecule has 4 heterocycles. The number of hydrogen-bond donors (Lipinski definition) is 0. The summed E-state index contributed by atoms with van der Waals surface area (Å²) in [4.78, 5) is 110. The highest BCUT2D eigenvalue weighted by Crippen LogP contribution is 2.55. The highest BCUT2D eigenvalue weighted by atomic mass is 31.2. The summed E-state index contributed by atoms with van der Waals surface area (Å²) in [6.07, 6.45) is 17.2. The molecule has 446 valence electrons. The highest BCUT2D eigenvalue weighted by molar-refractivity contribution is 7.50. The summed E-state index contributed by atoms with van der Waals surface area (Å²) in [5.74, 6) is -5.94. The molecule has 0 saturated heterocycles. The van der Waals surface area contributed by atoms with Gasteiger partial charge in [-0.1, -0.05) is 12.1 Å². The molecule has 6 aromatic rings. The summed E-state index contributed by atoms with van der Waals surface area (Å²) in [6.45, 7) is 12.9. The topological polar surface area (TPSA) is 249 Å². The number of fused-ring (bicyclic) bond motifs is 2. The fraction of sp³-hybridized carbons (Fsp3) is 0.400. The number of aryl methyl sites for hydroxylation is 2.